The van der Waals surface area contributed by atoms with E-state index >= 15 is 0 Å². The first-order chi connectivity index (χ1) is 11.2. The van der Waals surface area contributed by atoms with Crippen molar-refractivity contribution in [1.29, 1.82) is 0 Å². The summed E-state index contributed by atoms with van der Waals surface area (Å²) in [4.78, 5) is 12.0. The van der Waals surface area contributed by atoms with Crippen LogP contribution in [0.2, 0.25) is 0 Å². The molecule has 1 aromatic rings. The Morgan fingerprint density at radius 3 is 2.42 bits per heavy atom. The zero-order chi connectivity index (χ0) is 16.7. The van der Waals surface area contributed by atoms with Crippen LogP contribution in [0.4, 0.5) is 0 Å². The fourth-order valence-electron chi connectivity index (χ4n) is 2.48. The summed E-state index contributed by atoms with van der Waals surface area (Å²) in [5, 5.41) is 6.02. The van der Waals surface area contributed by atoms with E-state index in [-0.39, 0.29) is 18.3 Å². The number of morpholine rings is 1. The van der Waals surface area contributed by atoms with Crippen LogP contribution in [0, 0.1) is 0 Å². The Hall–Kier alpha value is -1.70. The molecule has 0 radical (unpaired) electrons. The number of carbonyl (C=O) groups is 1. The van der Waals surface area contributed by atoms with E-state index in [0.717, 1.165) is 12.1 Å². The van der Waals surface area contributed by atoms with Gasteiger partial charge in [-0.15, -0.1) is 12.4 Å². The lowest BCUT2D eigenvalue weighted by molar-refractivity contribution is -0.134. The van der Waals surface area contributed by atoms with Gasteiger partial charge in [0.15, 0.2) is 0 Å². The first-order valence-corrected chi connectivity index (χ1v) is 7.58. The first-order valence-electron chi connectivity index (χ1n) is 7.58. The third-order valence-corrected chi connectivity index (χ3v) is 3.71. The van der Waals surface area contributed by atoms with Gasteiger partial charge < -0.3 is 29.6 Å². The Balaban J connectivity index is 0.00000288. The summed E-state index contributed by atoms with van der Waals surface area (Å²) >= 11 is 0. The summed E-state index contributed by atoms with van der Waals surface area (Å²) in [6.45, 7) is 2.35. The predicted octanol–water partition coefficient (Wildman–Crippen LogP) is 0.781. The van der Waals surface area contributed by atoms with Gasteiger partial charge in [0.2, 0.25) is 5.91 Å². The molecule has 0 aromatic heterocycles. The number of hydrogen-bond acceptors (Lipinski definition) is 6. The smallest absolute Gasteiger partial charge is 0.250 e. The van der Waals surface area contributed by atoms with E-state index in [9.17, 15) is 4.79 Å². The summed E-state index contributed by atoms with van der Waals surface area (Å²) in [5.41, 5.74) is 0.888. The van der Waals surface area contributed by atoms with Gasteiger partial charge in [-0.1, -0.05) is 0 Å². The van der Waals surface area contributed by atoms with Gasteiger partial charge in [-0.25, -0.2) is 0 Å². The van der Waals surface area contributed by atoms with Crippen LogP contribution in [-0.2, 0) is 16.0 Å². The number of amides is 1. The number of ether oxygens (including phenoxy) is 4. The Labute approximate surface area is 148 Å². The number of benzene rings is 1. The maximum Gasteiger partial charge on any atom is 0.250 e. The van der Waals surface area contributed by atoms with Crippen LogP contribution in [0.15, 0.2) is 12.1 Å². The van der Waals surface area contributed by atoms with Crippen molar-refractivity contribution in [3.8, 4) is 17.2 Å². The lowest BCUT2D eigenvalue weighted by Gasteiger charge is -2.23. The lowest BCUT2D eigenvalue weighted by Crippen LogP contribution is -2.48. The Morgan fingerprint density at radius 2 is 1.92 bits per heavy atom. The molecular formula is C16H25ClN2O5. The minimum Gasteiger partial charge on any atom is -0.496 e. The molecule has 0 aliphatic carbocycles. The summed E-state index contributed by atoms with van der Waals surface area (Å²) in [5.74, 6) is 1.90. The molecule has 1 fully saturated rings. The number of hydrogen-bond donors (Lipinski definition) is 2. The molecule has 1 saturated heterocycles. The molecule has 24 heavy (non-hydrogen) atoms. The summed E-state index contributed by atoms with van der Waals surface area (Å²) in [7, 11) is 4.78. The highest BCUT2D eigenvalue weighted by atomic mass is 35.5. The molecule has 1 aliphatic rings. The van der Waals surface area contributed by atoms with Crippen molar-refractivity contribution < 1.29 is 23.7 Å². The molecule has 1 atom stereocenters. The molecule has 0 bridgehead atoms. The zero-order valence-corrected chi connectivity index (χ0v) is 15.0. The molecule has 1 heterocycles. The molecule has 2 N–H and O–H groups in total. The van der Waals surface area contributed by atoms with Crippen molar-refractivity contribution in [1.82, 2.24) is 10.6 Å². The summed E-state index contributed by atoms with van der Waals surface area (Å²) in [6, 6.07) is 3.60. The van der Waals surface area contributed by atoms with Crippen LogP contribution >= 0.6 is 12.4 Å². The maximum atomic E-state index is 12.0. The molecule has 1 amide bonds. The molecule has 1 unspecified atom stereocenters. The van der Waals surface area contributed by atoms with E-state index in [1.54, 1.807) is 33.5 Å². The molecule has 0 spiro atoms. The Bertz CT molecular complexity index is 510. The van der Waals surface area contributed by atoms with E-state index < -0.39 is 6.10 Å². The third kappa shape index (κ3) is 5.15. The van der Waals surface area contributed by atoms with E-state index in [2.05, 4.69) is 10.6 Å². The van der Waals surface area contributed by atoms with Crippen molar-refractivity contribution in [2.45, 2.75) is 12.5 Å². The molecular weight excluding hydrogens is 336 g/mol. The highest BCUT2D eigenvalue weighted by Crippen LogP contribution is 2.34. The van der Waals surface area contributed by atoms with Gasteiger partial charge >= 0.3 is 0 Å². The van der Waals surface area contributed by atoms with Crippen LogP contribution in [0.5, 0.6) is 17.2 Å². The van der Waals surface area contributed by atoms with E-state index in [0.29, 0.717) is 43.4 Å². The standard InChI is InChI=1S/C16H24N2O5.ClH/c1-20-11-8-13(21-2)12(14(9-11)22-3)4-5-18-16(19)15-10-17-6-7-23-15;/h8-9,15,17H,4-7,10H2,1-3H3,(H,18,19);1H. The quantitative estimate of drug-likeness (QED) is 0.748. The normalized spacial score (nSPS) is 16.7. The van der Waals surface area contributed by atoms with Crippen LogP contribution in [0.3, 0.4) is 0 Å². The van der Waals surface area contributed by atoms with Gasteiger partial charge in [0, 0.05) is 37.3 Å². The molecule has 1 aromatic carbocycles. The fourth-order valence-corrected chi connectivity index (χ4v) is 2.48. The molecule has 0 saturated carbocycles. The molecule has 136 valence electrons. The van der Waals surface area contributed by atoms with Gasteiger partial charge in [0.25, 0.3) is 0 Å². The number of nitrogens with one attached hydrogen (secondary N) is 2. The second kappa shape index (κ2) is 10.2. The topological polar surface area (TPSA) is 78.1 Å². The minimum atomic E-state index is -0.427. The molecule has 7 nitrogen and oxygen atoms in total. The Morgan fingerprint density at radius 1 is 1.25 bits per heavy atom. The van der Waals surface area contributed by atoms with Crippen molar-refractivity contribution in [3.63, 3.8) is 0 Å². The van der Waals surface area contributed by atoms with Gasteiger partial charge in [-0.2, -0.15) is 0 Å². The zero-order valence-electron chi connectivity index (χ0n) is 14.2. The molecule has 2 rings (SSSR count). The molecule has 1 aliphatic heterocycles. The minimum absolute atomic E-state index is 0. The van der Waals surface area contributed by atoms with Gasteiger partial charge in [0.05, 0.1) is 27.9 Å². The SMILES string of the molecule is COc1cc(OC)c(CCNC(=O)C2CNCCO2)c(OC)c1.Cl. The van der Waals surface area contributed by atoms with Crippen LogP contribution in [-0.4, -0.2) is 59.6 Å². The van der Waals surface area contributed by atoms with Gasteiger partial charge in [0.1, 0.15) is 23.4 Å². The number of methoxy groups -OCH3 is 3. The van der Waals surface area contributed by atoms with Crippen molar-refractivity contribution in [2.24, 2.45) is 0 Å². The largest absolute Gasteiger partial charge is 0.496 e. The average Bonchev–Trinajstić information content (AvgIpc) is 2.62. The second-order valence-electron chi connectivity index (χ2n) is 5.12. The summed E-state index contributed by atoms with van der Waals surface area (Å²) in [6.07, 6.45) is 0.158. The van der Waals surface area contributed by atoms with Gasteiger partial charge in [-0.3, -0.25) is 4.79 Å². The number of carbonyl (C=O) groups excluding carboxylic acids is 1. The van der Waals surface area contributed by atoms with E-state index in [4.69, 9.17) is 18.9 Å². The van der Waals surface area contributed by atoms with E-state index in [1.807, 2.05) is 0 Å². The average molecular weight is 361 g/mol. The van der Waals surface area contributed by atoms with Crippen molar-refractivity contribution >= 4 is 18.3 Å². The lowest BCUT2D eigenvalue weighted by atomic mass is 10.1. The van der Waals surface area contributed by atoms with Crippen molar-refractivity contribution in [2.75, 3.05) is 47.6 Å². The van der Waals surface area contributed by atoms with Crippen LogP contribution in [0.1, 0.15) is 5.56 Å². The summed E-state index contributed by atoms with van der Waals surface area (Å²) < 4.78 is 21.4. The van der Waals surface area contributed by atoms with E-state index in [1.165, 1.54) is 0 Å². The van der Waals surface area contributed by atoms with Gasteiger partial charge in [-0.05, 0) is 6.42 Å². The highest BCUT2D eigenvalue weighted by Gasteiger charge is 2.21. The first kappa shape index (κ1) is 20.3. The maximum absolute atomic E-state index is 12.0. The van der Waals surface area contributed by atoms with Crippen molar-refractivity contribution in [3.05, 3.63) is 17.7 Å². The molecule has 8 heteroatoms. The fraction of sp³-hybridized carbons (Fsp3) is 0.562. The number of rotatable bonds is 7. The highest BCUT2D eigenvalue weighted by molar-refractivity contribution is 5.85. The Kier molecular flexibility index (Phi) is 8.67. The third-order valence-electron chi connectivity index (χ3n) is 3.71. The van der Waals surface area contributed by atoms with Crippen LogP contribution in [0.25, 0.3) is 0 Å². The monoisotopic (exact) mass is 360 g/mol. The van der Waals surface area contributed by atoms with Crippen LogP contribution < -0.4 is 24.8 Å². The predicted molar refractivity (Wildman–Crippen MR) is 92.7 cm³/mol. The second-order valence-corrected chi connectivity index (χ2v) is 5.12. The number of halogens is 1.